The van der Waals surface area contributed by atoms with Crippen molar-refractivity contribution in [1.82, 2.24) is 0 Å². The zero-order valence-electron chi connectivity index (χ0n) is 16.6. The van der Waals surface area contributed by atoms with Gasteiger partial charge in [0.1, 0.15) is 0 Å². The Hall–Kier alpha value is -1.47. The molecule has 0 saturated carbocycles. The highest BCUT2D eigenvalue weighted by molar-refractivity contribution is 7.85. The average Bonchev–Trinajstić information content (AvgIpc) is 2.59. The zero-order valence-corrected chi connectivity index (χ0v) is 18.4. The normalized spacial score (nSPS) is 14.1. The molecule has 2 rings (SSSR count). The largest absolute Gasteiger partial charge is 0.405 e. The van der Waals surface area contributed by atoms with Crippen molar-refractivity contribution in [3.05, 3.63) is 60.7 Å². The molecule has 2 aromatic rings. The molecule has 0 aliphatic heterocycles. The predicted octanol–water partition coefficient (Wildman–Crippen LogP) is 3.62. The summed E-state index contributed by atoms with van der Waals surface area (Å²) in [5.74, 6) is -0.235. The molecule has 0 aromatic heterocycles. The topological polar surface area (TPSA) is 63.6 Å². The quantitative estimate of drug-likeness (QED) is 0.537. The molecule has 1 atom stereocenters. The lowest BCUT2D eigenvalue weighted by molar-refractivity contribution is 0.195. The molecule has 0 saturated heterocycles. The Morgan fingerprint density at radius 2 is 1.41 bits per heavy atom. The smallest absolute Gasteiger partial charge is 0.264 e. The van der Waals surface area contributed by atoms with Gasteiger partial charge in [-0.05, 0) is 35.2 Å². The Labute approximate surface area is 164 Å². The predicted molar refractivity (Wildman–Crippen MR) is 114 cm³/mol. The van der Waals surface area contributed by atoms with Gasteiger partial charge >= 0.3 is 0 Å². The molecule has 0 heterocycles. The second-order valence-electron chi connectivity index (χ2n) is 8.02. The Morgan fingerprint density at radius 1 is 0.963 bits per heavy atom. The maximum atomic E-state index is 11.0. The standard InChI is InChI=1S/C21H30O4SSi/c1-18(12-11-17-26(22,23)24)25-27(21(2,3)4,19-13-7-5-8-14-19)20-15-9-6-10-16-20/h5-10,13-16,18H,11-12,17H2,1-4H3,(H,22,23,24). The van der Waals surface area contributed by atoms with Crippen molar-refractivity contribution in [2.75, 3.05) is 5.75 Å². The van der Waals surface area contributed by atoms with Crippen molar-refractivity contribution < 1.29 is 17.4 Å². The van der Waals surface area contributed by atoms with Gasteiger partial charge in [-0.3, -0.25) is 4.55 Å². The molecule has 6 heteroatoms. The number of benzene rings is 2. The van der Waals surface area contributed by atoms with Gasteiger partial charge in [-0.2, -0.15) is 8.42 Å². The molecule has 4 nitrogen and oxygen atoms in total. The van der Waals surface area contributed by atoms with E-state index in [1.165, 1.54) is 10.4 Å². The van der Waals surface area contributed by atoms with E-state index >= 15 is 0 Å². The van der Waals surface area contributed by atoms with Crippen LogP contribution in [0.1, 0.15) is 40.5 Å². The second kappa shape index (κ2) is 8.69. The van der Waals surface area contributed by atoms with Crippen LogP contribution in [0.15, 0.2) is 60.7 Å². The Morgan fingerprint density at radius 3 is 1.78 bits per heavy atom. The first-order chi connectivity index (χ1) is 12.6. The van der Waals surface area contributed by atoms with Crippen LogP contribution >= 0.6 is 0 Å². The lowest BCUT2D eigenvalue weighted by atomic mass is 10.2. The van der Waals surface area contributed by atoms with Crippen LogP contribution in [0.5, 0.6) is 0 Å². The van der Waals surface area contributed by atoms with Crippen LogP contribution in [0.25, 0.3) is 0 Å². The highest BCUT2D eigenvalue weighted by atomic mass is 32.2. The van der Waals surface area contributed by atoms with E-state index in [1.54, 1.807) is 0 Å². The summed E-state index contributed by atoms with van der Waals surface area (Å²) in [6, 6.07) is 20.7. The lowest BCUT2D eigenvalue weighted by Crippen LogP contribution is -2.67. The lowest BCUT2D eigenvalue weighted by Gasteiger charge is -2.44. The number of rotatable bonds is 8. The third-order valence-corrected chi connectivity index (χ3v) is 10.8. The van der Waals surface area contributed by atoms with E-state index in [-0.39, 0.29) is 16.9 Å². The minimum Gasteiger partial charge on any atom is -0.405 e. The summed E-state index contributed by atoms with van der Waals surface area (Å²) in [7, 11) is -6.56. The Bertz CT molecular complexity index is 775. The van der Waals surface area contributed by atoms with Crippen LogP contribution in [0, 0.1) is 0 Å². The van der Waals surface area contributed by atoms with Crippen molar-refractivity contribution in [3.8, 4) is 0 Å². The van der Waals surface area contributed by atoms with Crippen molar-refractivity contribution in [2.45, 2.75) is 51.7 Å². The summed E-state index contributed by atoms with van der Waals surface area (Å²) in [4.78, 5) is 0. The molecule has 27 heavy (non-hydrogen) atoms. The molecule has 1 N–H and O–H groups in total. The van der Waals surface area contributed by atoms with E-state index in [9.17, 15) is 8.42 Å². The molecule has 1 unspecified atom stereocenters. The molecule has 0 fully saturated rings. The summed E-state index contributed by atoms with van der Waals surface area (Å²) in [6.07, 6.45) is 0.820. The Balaban J connectivity index is 2.43. The molecule has 0 radical (unpaired) electrons. The molecule has 0 spiro atoms. The van der Waals surface area contributed by atoms with E-state index in [1.807, 2.05) is 43.3 Å². The Kier molecular flexibility index (Phi) is 7.02. The fourth-order valence-electron chi connectivity index (χ4n) is 3.61. The van der Waals surface area contributed by atoms with Gasteiger partial charge in [0.15, 0.2) is 0 Å². The molecule has 0 amide bonds. The van der Waals surface area contributed by atoms with Crippen LogP contribution in [0.3, 0.4) is 0 Å². The van der Waals surface area contributed by atoms with Crippen LogP contribution in [-0.4, -0.2) is 33.1 Å². The first-order valence-electron chi connectivity index (χ1n) is 9.30. The molecule has 0 aliphatic rings. The van der Waals surface area contributed by atoms with Gasteiger partial charge in [-0.1, -0.05) is 81.4 Å². The first-order valence-corrected chi connectivity index (χ1v) is 12.8. The fraction of sp³-hybridized carbons (Fsp3) is 0.429. The van der Waals surface area contributed by atoms with E-state index < -0.39 is 18.4 Å². The molecular formula is C21H30O4SSi. The molecular weight excluding hydrogens is 376 g/mol. The fourth-order valence-corrected chi connectivity index (χ4v) is 8.87. The highest BCUT2D eigenvalue weighted by Crippen LogP contribution is 2.37. The third kappa shape index (κ3) is 5.51. The maximum absolute atomic E-state index is 11.0. The van der Waals surface area contributed by atoms with Gasteiger partial charge in [0, 0.05) is 6.10 Å². The summed E-state index contributed by atoms with van der Waals surface area (Å²) < 4.78 is 37.9. The van der Waals surface area contributed by atoms with Gasteiger partial charge in [-0.15, -0.1) is 0 Å². The average molecular weight is 407 g/mol. The summed E-state index contributed by atoms with van der Waals surface area (Å²) in [5, 5.41) is 2.28. The SMILES string of the molecule is CC(CCCS(=O)(=O)O)O[Si](c1ccccc1)(c1ccccc1)C(C)(C)C. The van der Waals surface area contributed by atoms with Crippen LogP contribution in [-0.2, 0) is 14.5 Å². The third-order valence-electron chi connectivity index (χ3n) is 4.81. The monoisotopic (exact) mass is 406 g/mol. The summed E-state index contributed by atoms with van der Waals surface area (Å²) in [6.45, 7) is 8.63. The number of hydrogen-bond donors (Lipinski definition) is 1. The van der Waals surface area contributed by atoms with Crippen LogP contribution in [0.2, 0.25) is 5.04 Å². The summed E-state index contributed by atoms with van der Waals surface area (Å²) in [5.41, 5.74) is 0. The summed E-state index contributed by atoms with van der Waals surface area (Å²) >= 11 is 0. The van der Waals surface area contributed by atoms with Crippen molar-refractivity contribution in [2.24, 2.45) is 0 Å². The van der Waals surface area contributed by atoms with E-state index in [2.05, 4.69) is 45.0 Å². The second-order valence-corrected chi connectivity index (χ2v) is 13.8. The van der Waals surface area contributed by atoms with Crippen molar-refractivity contribution in [1.29, 1.82) is 0 Å². The number of hydrogen-bond acceptors (Lipinski definition) is 3. The van der Waals surface area contributed by atoms with Crippen LogP contribution < -0.4 is 10.4 Å². The first kappa shape index (κ1) is 21.8. The molecule has 2 aromatic carbocycles. The van der Waals surface area contributed by atoms with E-state index in [0.717, 1.165) is 0 Å². The molecule has 0 bridgehead atoms. The van der Waals surface area contributed by atoms with Crippen LogP contribution in [0.4, 0.5) is 0 Å². The van der Waals surface area contributed by atoms with Gasteiger partial charge < -0.3 is 4.43 Å². The maximum Gasteiger partial charge on any atom is 0.264 e. The van der Waals surface area contributed by atoms with Gasteiger partial charge in [0.05, 0.1) is 5.75 Å². The minimum absolute atomic E-state index is 0.118. The van der Waals surface area contributed by atoms with Gasteiger partial charge in [0.25, 0.3) is 18.4 Å². The van der Waals surface area contributed by atoms with Crippen molar-refractivity contribution in [3.63, 3.8) is 0 Å². The van der Waals surface area contributed by atoms with Gasteiger partial charge in [-0.25, -0.2) is 0 Å². The van der Waals surface area contributed by atoms with Crippen molar-refractivity contribution >= 4 is 28.8 Å². The van der Waals surface area contributed by atoms with Gasteiger partial charge in [0.2, 0.25) is 0 Å². The van der Waals surface area contributed by atoms with E-state index in [4.69, 9.17) is 8.98 Å². The molecule has 148 valence electrons. The molecule has 0 aliphatic carbocycles. The minimum atomic E-state index is -3.94. The zero-order chi connectivity index (χ0) is 20.1. The highest BCUT2D eigenvalue weighted by Gasteiger charge is 2.50. The van der Waals surface area contributed by atoms with E-state index in [0.29, 0.717) is 12.8 Å².